The number of fused-ring (bicyclic) bond motifs is 3. The van der Waals surface area contributed by atoms with E-state index >= 15 is 0 Å². The Balaban J connectivity index is 1.56. The Labute approximate surface area is 226 Å². The third-order valence-electron chi connectivity index (χ3n) is 8.90. The predicted octanol–water partition coefficient (Wildman–Crippen LogP) is 0.830. The van der Waals surface area contributed by atoms with E-state index in [1.54, 1.807) is 0 Å². The second-order valence-electron chi connectivity index (χ2n) is 11.5. The van der Waals surface area contributed by atoms with Crippen molar-refractivity contribution in [1.29, 1.82) is 0 Å². The number of phenols is 1. The number of carbonyl (C=O) groups excluding carboxylic acids is 3. The van der Waals surface area contributed by atoms with Crippen LogP contribution in [-0.2, 0) is 22.6 Å². The minimum atomic E-state index is -2.57. The van der Waals surface area contributed by atoms with Crippen molar-refractivity contribution in [2.75, 3.05) is 39.1 Å². The molecule has 11 heteroatoms. The summed E-state index contributed by atoms with van der Waals surface area (Å²) < 4.78 is 0. The van der Waals surface area contributed by atoms with Crippen LogP contribution in [0.5, 0.6) is 5.75 Å². The largest absolute Gasteiger partial charge is 0.511 e. The highest BCUT2D eigenvalue weighted by Crippen LogP contribution is 2.52. The van der Waals surface area contributed by atoms with E-state index < -0.39 is 52.0 Å². The summed E-state index contributed by atoms with van der Waals surface area (Å²) in [5.41, 5.74) is 3.73. The highest BCUT2D eigenvalue weighted by atomic mass is 16.3. The number of hydrogen-bond acceptors (Lipinski definition) is 10. The lowest BCUT2D eigenvalue weighted by Crippen LogP contribution is -2.57. The van der Waals surface area contributed by atoms with Crippen LogP contribution in [-0.4, -0.2) is 88.7 Å². The third kappa shape index (κ3) is 4.19. The number of rotatable bonds is 5. The molecule has 1 fully saturated rings. The van der Waals surface area contributed by atoms with Crippen LogP contribution in [0.15, 0.2) is 28.7 Å². The summed E-state index contributed by atoms with van der Waals surface area (Å²) in [5.74, 6) is -6.19. The van der Waals surface area contributed by atoms with Gasteiger partial charge in [-0.15, -0.1) is 0 Å². The lowest BCUT2D eigenvalue weighted by atomic mass is 9.60. The van der Waals surface area contributed by atoms with Crippen LogP contribution in [0.4, 0.5) is 5.69 Å². The monoisotopic (exact) mass is 540 g/mol. The second kappa shape index (κ2) is 9.65. The van der Waals surface area contributed by atoms with E-state index in [1.165, 1.54) is 0 Å². The molecule has 0 saturated carbocycles. The van der Waals surface area contributed by atoms with E-state index in [9.17, 15) is 34.8 Å². The van der Waals surface area contributed by atoms with Crippen molar-refractivity contribution in [1.82, 2.24) is 10.2 Å². The van der Waals surface area contributed by atoms with E-state index in [0.29, 0.717) is 17.7 Å². The third-order valence-corrected chi connectivity index (χ3v) is 8.90. The van der Waals surface area contributed by atoms with Crippen LogP contribution >= 0.6 is 0 Å². The first-order valence-corrected chi connectivity index (χ1v) is 13.3. The minimum Gasteiger partial charge on any atom is -0.511 e. The number of amides is 1. The van der Waals surface area contributed by atoms with Crippen LogP contribution in [0.1, 0.15) is 47.2 Å². The number of ketones is 2. The zero-order chi connectivity index (χ0) is 28.4. The molecule has 1 heterocycles. The molecule has 3 aliphatic carbocycles. The van der Waals surface area contributed by atoms with E-state index in [-0.39, 0.29) is 42.2 Å². The van der Waals surface area contributed by atoms with Gasteiger partial charge >= 0.3 is 0 Å². The first-order chi connectivity index (χ1) is 18.4. The van der Waals surface area contributed by atoms with E-state index in [4.69, 9.17) is 5.73 Å². The molecule has 0 aromatic heterocycles. The lowest BCUT2D eigenvalue weighted by molar-refractivity contribution is -0.144. The molecule has 0 unspecified atom stereocenters. The molecular formula is C28H36N4O7. The number of nitrogens with one attached hydrogen (secondary N) is 1. The summed E-state index contributed by atoms with van der Waals surface area (Å²) in [5, 5.41) is 47.9. The molecule has 3 atom stereocenters. The summed E-state index contributed by atoms with van der Waals surface area (Å²) in [6, 6.07) is 2.15. The fraction of sp³-hybridized carbons (Fsp3) is 0.536. The number of likely N-dealkylation sites (tertiary alicyclic amines) is 1. The molecule has 210 valence electrons. The number of piperidine rings is 1. The zero-order valence-electron chi connectivity index (χ0n) is 22.5. The summed E-state index contributed by atoms with van der Waals surface area (Å²) in [6.07, 6.45) is 2.07. The number of anilines is 1. The molecule has 7 N–H and O–H groups in total. The number of allylic oxidation sites excluding steroid dienone is 2. The summed E-state index contributed by atoms with van der Waals surface area (Å²) >= 11 is 0. The highest BCUT2D eigenvalue weighted by Gasteiger charge is 2.59. The summed E-state index contributed by atoms with van der Waals surface area (Å²) in [6.45, 7) is 2.28. The number of aliphatic hydroxyl groups is 3. The minimum absolute atomic E-state index is 0.0398. The van der Waals surface area contributed by atoms with Crippen molar-refractivity contribution in [2.24, 2.45) is 17.6 Å². The smallest absolute Gasteiger partial charge is 0.255 e. The number of aromatic hydroxyl groups is 1. The van der Waals surface area contributed by atoms with Crippen molar-refractivity contribution < 1.29 is 34.8 Å². The van der Waals surface area contributed by atoms with Gasteiger partial charge < -0.3 is 41.3 Å². The Bertz CT molecular complexity index is 1330. The number of aliphatic hydroxyl groups excluding tert-OH is 2. The molecule has 0 bridgehead atoms. The first-order valence-electron chi connectivity index (χ1n) is 13.3. The summed E-state index contributed by atoms with van der Waals surface area (Å²) in [7, 11) is 5.78. The number of phenolic OH excluding ortho intramolecular Hbond substituents is 1. The molecule has 0 radical (unpaired) electrons. The van der Waals surface area contributed by atoms with E-state index in [1.807, 2.05) is 25.1 Å². The number of nitrogens with zero attached hydrogens (tertiary/aromatic N) is 2. The van der Waals surface area contributed by atoms with Gasteiger partial charge in [-0.1, -0.05) is 0 Å². The molecule has 5 rings (SSSR count). The van der Waals surface area contributed by atoms with E-state index in [2.05, 4.69) is 17.3 Å². The average molecular weight is 541 g/mol. The van der Waals surface area contributed by atoms with Gasteiger partial charge in [-0.05, 0) is 63.4 Å². The molecule has 11 nitrogen and oxygen atoms in total. The quantitative estimate of drug-likeness (QED) is 0.293. The zero-order valence-corrected chi connectivity index (χ0v) is 22.5. The molecule has 1 saturated heterocycles. The Morgan fingerprint density at radius 1 is 1.18 bits per heavy atom. The topological polar surface area (TPSA) is 177 Å². The van der Waals surface area contributed by atoms with Crippen molar-refractivity contribution in [3.05, 3.63) is 45.4 Å². The van der Waals surface area contributed by atoms with Gasteiger partial charge in [-0.25, -0.2) is 0 Å². The Morgan fingerprint density at radius 3 is 2.46 bits per heavy atom. The van der Waals surface area contributed by atoms with Crippen molar-refractivity contribution in [3.63, 3.8) is 0 Å². The van der Waals surface area contributed by atoms with Crippen LogP contribution in [0, 0.1) is 11.8 Å². The normalized spacial score (nSPS) is 27.8. The molecule has 0 spiro atoms. The fourth-order valence-electron chi connectivity index (χ4n) is 6.72. The Morgan fingerprint density at radius 2 is 1.85 bits per heavy atom. The van der Waals surface area contributed by atoms with Gasteiger partial charge in [0.2, 0.25) is 5.78 Å². The number of Topliss-reactive ketones (excluding diaryl/α,β-unsaturated/α-hetero) is 2. The van der Waals surface area contributed by atoms with Gasteiger partial charge in [0, 0.05) is 55.8 Å². The van der Waals surface area contributed by atoms with Crippen molar-refractivity contribution in [2.45, 2.75) is 50.3 Å². The molecule has 1 aromatic rings. The molecule has 1 amide bonds. The van der Waals surface area contributed by atoms with Crippen LogP contribution in [0.3, 0.4) is 0 Å². The Kier molecular flexibility index (Phi) is 6.72. The number of hydrogen-bond donors (Lipinski definition) is 6. The second-order valence-corrected chi connectivity index (χ2v) is 11.5. The van der Waals surface area contributed by atoms with E-state index in [0.717, 1.165) is 31.6 Å². The van der Waals surface area contributed by atoms with Crippen LogP contribution in [0.2, 0.25) is 0 Å². The van der Waals surface area contributed by atoms with Crippen molar-refractivity contribution >= 4 is 23.2 Å². The maximum atomic E-state index is 14.0. The Hall–Kier alpha value is -3.41. The average Bonchev–Trinajstić information content (AvgIpc) is 2.86. The summed E-state index contributed by atoms with van der Waals surface area (Å²) in [4.78, 5) is 43.1. The molecule has 39 heavy (non-hydrogen) atoms. The maximum absolute atomic E-state index is 14.0. The number of nitrogens with two attached hydrogens (primary N) is 1. The molecule has 4 aliphatic rings. The number of benzene rings is 1. The van der Waals surface area contributed by atoms with Crippen molar-refractivity contribution in [3.8, 4) is 5.75 Å². The molecular weight excluding hydrogens is 504 g/mol. The van der Waals surface area contributed by atoms with Gasteiger partial charge in [-0.3, -0.25) is 14.4 Å². The van der Waals surface area contributed by atoms with Gasteiger partial charge in [-0.2, -0.15) is 0 Å². The number of primary amides is 1. The highest BCUT2D eigenvalue weighted by molar-refractivity contribution is 6.24. The molecule has 1 aromatic carbocycles. The lowest BCUT2D eigenvalue weighted by Gasteiger charge is -2.46. The van der Waals surface area contributed by atoms with Crippen LogP contribution in [0.25, 0.3) is 0 Å². The van der Waals surface area contributed by atoms with Gasteiger partial charge in [0.15, 0.2) is 11.4 Å². The standard InChI is InChI=1S/C28H36N4O7/c1-31(2)18-10-14(12-30-16-4-6-32(3)7-5-16)23(34)21-17(18)9-13-8-15-11-19(33)22(27(29)38)26(37)28(15,39)25(36)20(13)24(21)35/h10,13,15-16,30,33-34,36,39H,4-9,11-12H2,1-3H3,(H2,29,38)/t13-,15+,28+/m1/s1. The predicted molar refractivity (Wildman–Crippen MR) is 143 cm³/mol. The first kappa shape index (κ1) is 27.2. The fourth-order valence-corrected chi connectivity index (χ4v) is 6.72. The van der Waals surface area contributed by atoms with Gasteiger partial charge in [0.05, 0.1) is 5.56 Å². The maximum Gasteiger partial charge on any atom is 0.255 e. The van der Waals surface area contributed by atoms with Crippen LogP contribution < -0.4 is 16.0 Å². The number of carbonyl (C=O) groups is 3. The SMILES string of the molecule is CN1CCC(NCc2cc(N(C)C)c3c(c2O)C(=O)C2=C(O)[C@]4(O)C(=O)C(C(N)=O)=C(O)C[C@@H]4C[C@@H]2C3)CC1. The molecule has 1 aliphatic heterocycles. The van der Waals surface area contributed by atoms with Gasteiger partial charge in [0.25, 0.3) is 5.91 Å². The van der Waals surface area contributed by atoms with Gasteiger partial charge in [0.1, 0.15) is 22.8 Å².